The summed E-state index contributed by atoms with van der Waals surface area (Å²) >= 11 is 0. The van der Waals surface area contributed by atoms with Crippen LogP contribution in [0.2, 0.25) is 0 Å². The Morgan fingerprint density at radius 3 is 2.75 bits per heavy atom. The first-order valence-electron chi connectivity index (χ1n) is 7.01. The van der Waals surface area contributed by atoms with Crippen LogP contribution in [0.25, 0.3) is 0 Å². The zero-order chi connectivity index (χ0) is 14.9. The Balaban J connectivity index is 1.99. The number of aliphatic carboxylic acids is 1. The van der Waals surface area contributed by atoms with Gasteiger partial charge in [0.25, 0.3) is 0 Å². The van der Waals surface area contributed by atoms with Crippen LogP contribution in [0.3, 0.4) is 0 Å². The number of aromatic nitrogens is 4. The Bertz CT molecular complexity index is 485. The molecule has 0 aromatic carbocycles. The number of carbonyl (C=O) groups is 1. The molecule has 0 radical (unpaired) electrons. The number of rotatable bonds is 4. The molecule has 1 heterocycles. The second-order valence-corrected chi connectivity index (χ2v) is 6.26. The van der Waals surface area contributed by atoms with E-state index < -0.39 is 5.97 Å². The van der Waals surface area contributed by atoms with Crippen molar-refractivity contribution in [3.8, 4) is 0 Å². The lowest BCUT2D eigenvalue weighted by Gasteiger charge is -2.46. The first kappa shape index (κ1) is 14.9. The zero-order valence-electron chi connectivity index (χ0n) is 12.5. The van der Waals surface area contributed by atoms with E-state index in [1.807, 2.05) is 13.8 Å². The molecule has 3 unspecified atom stereocenters. The molecule has 1 aliphatic carbocycles. The smallest absolute Gasteiger partial charge is 0.307 e. The van der Waals surface area contributed by atoms with Crippen molar-refractivity contribution in [1.29, 1.82) is 0 Å². The number of aryl methyl sites for hydroxylation is 1. The highest BCUT2D eigenvalue weighted by Gasteiger charge is 2.46. The second kappa shape index (κ2) is 5.47. The zero-order valence-corrected chi connectivity index (χ0v) is 12.5. The van der Waals surface area contributed by atoms with E-state index in [1.165, 1.54) is 4.80 Å². The van der Waals surface area contributed by atoms with E-state index in [4.69, 9.17) is 0 Å². The Kier molecular flexibility index (Phi) is 4.08. The van der Waals surface area contributed by atoms with Crippen molar-refractivity contribution < 1.29 is 9.90 Å². The quantitative estimate of drug-likeness (QED) is 0.849. The highest BCUT2D eigenvalue weighted by molar-refractivity contribution is 5.71. The van der Waals surface area contributed by atoms with Gasteiger partial charge in [-0.25, -0.2) is 0 Å². The third-order valence-electron chi connectivity index (χ3n) is 4.81. The lowest BCUT2D eigenvalue weighted by molar-refractivity contribution is -0.150. The van der Waals surface area contributed by atoms with Crippen molar-refractivity contribution in [2.24, 2.45) is 24.3 Å². The van der Waals surface area contributed by atoms with Gasteiger partial charge in [0.1, 0.15) is 0 Å². The number of carboxylic acid groups (broad SMARTS) is 1. The fraction of sp³-hybridized carbons (Fsp3) is 0.846. The number of nitrogens with zero attached hydrogens (tertiary/aromatic N) is 4. The number of hydrogen-bond donors (Lipinski definition) is 2. The summed E-state index contributed by atoms with van der Waals surface area (Å²) < 4.78 is 0. The maximum absolute atomic E-state index is 11.4. The van der Waals surface area contributed by atoms with E-state index in [2.05, 4.69) is 27.7 Å². The average molecular weight is 281 g/mol. The van der Waals surface area contributed by atoms with Crippen molar-refractivity contribution in [1.82, 2.24) is 25.5 Å². The summed E-state index contributed by atoms with van der Waals surface area (Å²) in [5.74, 6) is -0.0204. The molecule has 0 aliphatic heterocycles. The Hall–Kier alpha value is -1.50. The van der Waals surface area contributed by atoms with E-state index >= 15 is 0 Å². The molecule has 2 rings (SSSR count). The van der Waals surface area contributed by atoms with Gasteiger partial charge in [0.2, 0.25) is 0 Å². The third-order valence-corrected chi connectivity index (χ3v) is 4.81. The molecule has 3 atom stereocenters. The molecule has 20 heavy (non-hydrogen) atoms. The highest BCUT2D eigenvalue weighted by Crippen LogP contribution is 2.45. The van der Waals surface area contributed by atoms with Gasteiger partial charge in [0.15, 0.2) is 5.82 Å². The fourth-order valence-corrected chi connectivity index (χ4v) is 3.14. The predicted molar refractivity (Wildman–Crippen MR) is 72.7 cm³/mol. The van der Waals surface area contributed by atoms with Crippen LogP contribution in [-0.2, 0) is 18.4 Å². The SMILES string of the molecule is CC1C(NCc2nnn(C)n2)CCC(C(=O)O)C1(C)C. The van der Waals surface area contributed by atoms with Gasteiger partial charge in [0.05, 0.1) is 19.5 Å². The maximum Gasteiger partial charge on any atom is 0.307 e. The Morgan fingerprint density at radius 2 is 2.20 bits per heavy atom. The molecule has 1 aromatic heterocycles. The molecule has 1 saturated carbocycles. The van der Waals surface area contributed by atoms with Crippen LogP contribution in [0.4, 0.5) is 0 Å². The number of tetrazole rings is 1. The molecule has 7 heteroatoms. The summed E-state index contributed by atoms with van der Waals surface area (Å²) in [6.07, 6.45) is 1.57. The number of carboxylic acids is 1. The number of hydrogen-bond acceptors (Lipinski definition) is 5. The molecule has 2 N–H and O–H groups in total. The van der Waals surface area contributed by atoms with E-state index in [0.717, 1.165) is 6.42 Å². The van der Waals surface area contributed by atoms with Gasteiger partial charge in [-0.1, -0.05) is 20.8 Å². The van der Waals surface area contributed by atoms with E-state index in [1.54, 1.807) is 7.05 Å². The first-order valence-corrected chi connectivity index (χ1v) is 7.01. The maximum atomic E-state index is 11.4. The van der Waals surface area contributed by atoms with Gasteiger partial charge in [-0.2, -0.15) is 4.80 Å². The topological polar surface area (TPSA) is 92.9 Å². The van der Waals surface area contributed by atoms with Crippen LogP contribution in [0.15, 0.2) is 0 Å². The molecule has 0 amide bonds. The van der Waals surface area contributed by atoms with Crippen LogP contribution in [0, 0.1) is 17.3 Å². The van der Waals surface area contributed by atoms with Gasteiger partial charge in [-0.15, -0.1) is 10.2 Å². The lowest BCUT2D eigenvalue weighted by Crippen LogP contribution is -2.50. The molecule has 0 bridgehead atoms. The second-order valence-electron chi connectivity index (χ2n) is 6.26. The monoisotopic (exact) mass is 281 g/mol. The minimum absolute atomic E-state index is 0.225. The van der Waals surface area contributed by atoms with Crippen molar-refractivity contribution in [2.75, 3.05) is 0 Å². The fourth-order valence-electron chi connectivity index (χ4n) is 3.14. The molecular formula is C13H23N5O2. The number of nitrogens with one attached hydrogen (secondary N) is 1. The Labute approximate surface area is 118 Å². The van der Waals surface area contributed by atoms with E-state index in [9.17, 15) is 9.90 Å². The summed E-state index contributed by atoms with van der Waals surface area (Å²) in [4.78, 5) is 12.8. The summed E-state index contributed by atoms with van der Waals surface area (Å²) in [5, 5.41) is 24.7. The van der Waals surface area contributed by atoms with Gasteiger partial charge in [-0.3, -0.25) is 4.79 Å². The van der Waals surface area contributed by atoms with Crippen molar-refractivity contribution in [3.63, 3.8) is 0 Å². The van der Waals surface area contributed by atoms with Crippen LogP contribution < -0.4 is 5.32 Å². The molecule has 0 spiro atoms. The standard InChI is InChI=1S/C13H23N5O2/c1-8-10(14-7-11-15-17-18(4)16-11)6-5-9(12(19)20)13(8,2)3/h8-10,14H,5-7H2,1-4H3,(H,19,20). The molecule has 0 saturated heterocycles. The van der Waals surface area contributed by atoms with Crippen molar-refractivity contribution >= 4 is 5.97 Å². The molecule has 1 aromatic rings. The largest absolute Gasteiger partial charge is 0.481 e. The van der Waals surface area contributed by atoms with Crippen molar-refractivity contribution in [3.05, 3.63) is 5.82 Å². The van der Waals surface area contributed by atoms with Gasteiger partial charge >= 0.3 is 5.97 Å². The highest BCUT2D eigenvalue weighted by atomic mass is 16.4. The summed E-state index contributed by atoms with van der Waals surface area (Å²) in [6.45, 7) is 6.78. The average Bonchev–Trinajstić information content (AvgIpc) is 2.76. The molecule has 1 aliphatic rings. The third kappa shape index (κ3) is 2.82. The van der Waals surface area contributed by atoms with Crippen LogP contribution in [0.5, 0.6) is 0 Å². The Morgan fingerprint density at radius 1 is 1.50 bits per heavy atom. The normalized spacial score (nSPS) is 29.3. The predicted octanol–water partition coefficient (Wildman–Crippen LogP) is 0.825. The van der Waals surface area contributed by atoms with Gasteiger partial charge in [-0.05, 0) is 29.4 Å². The minimum Gasteiger partial charge on any atom is -0.481 e. The summed E-state index contributed by atoms with van der Waals surface area (Å²) in [7, 11) is 1.74. The van der Waals surface area contributed by atoms with Gasteiger partial charge in [0, 0.05) is 6.04 Å². The molecule has 112 valence electrons. The van der Waals surface area contributed by atoms with Crippen LogP contribution >= 0.6 is 0 Å². The van der Waals surface area contributed by atoms with Gasteiger partial charge < -0.3 is 10.4 Å². The van der Waals surface area contributed by atoms with Crippen LogP contribution in [-0.4, -0.2) is 37.3 Å². The van der Waals surface area contributed by atoms with Crippen LogP contribution in [0.1, 0.15) is 39.4 Å². The molecule has 7 nitrogen and oxygen atoms in total. The molecular weight excluding hydrogens is 258 g/mol. The first-order chi connectivity index (χ1) is 9.32. The minimum atomic E-state index is -0.684. The van der Waals surface area contributed by atoms with E-state index in [0.29, 0.717) is 18.8 Å². The van der Waals surface area contributed by atoms with Crippen molar-refractivity contribution in [2.45, 2.75) is 46.2 Å². The molecule has 1 fully saturated rings. The van der Waals surface area contributed by atoms with E-state index in [-0.39, 0.29) is 23.3 Å². The summed E-state index contributed by atoms with van der Waals surface area (Å²) in [5.41, 5.74) is -0.225. The summed E-state index contributed by atoms with van der Waals surface area (Å²) in [6, 6.07) is 0.282. The lowest BCUT2D eigenvalue weighted by atomic mass is 9.61.